The fraction of sp³-hybridized carbons (Fsp3) is 0.600. The lowest BCUT2D eigenvalue weighted by Crippen LogP contribution is -2.21. The molecule has 1 aliphatic carbocycles. The van der Waals surface area contributed by atoms with Crippen molar-refractivity contribution in [3.8, 4) is 0 Å². The predicted molar refractivity (Wildman–Crippen MR) is 72.8 cm³/mol. The average molecular weight is 368 g/mol. The van der Waals surface area contributed by atoms with Gasteiger partial charge in [-0.3, -0.25) is 4.79 Å². The van der Waals surface area contributed by atoms with E-state index in [-0.39, 0.29) is 11.4 Å². The van der Waals surface area contributed by atoms with Gasteiger partial charge in [0.15, 0.2) is 9.84 Å². The fourth-order valence-corrected chi connectivity index (χ4v) is 2.73. The van der Waals surface area contributed by atoms with Crippen molar-refractivity contribution in [2.24, 2.45) is 0 Å². The van der Waals surface area contributed by atoms with E-state index in [0.29, 0.717) is 9.49 Å². The van der Waals surface area contributed by atoms with E-state index in [0.717, 1.165) is 24.8 Å². The molecule has 1 fully saturated rings. The van der Waals surface area contributed by atoms with Crippen LogP contribution in [0.3, 0.4) is 0 Å². The average Bonchev–Trinajstić information content (AvgIpc) is 3.03. The SMILES string of the molecule is CC(c1nc(C2CC2)c(I)c(=O)[nH]1)S(C)(=O)=O. The summed E-state index contributed by atoms with van der Waals surface area (Å²) in [6, 6.07) is 0. The summed E-state index contributed by atoms with van der Waals surface area (Å²) in [4.78, 5) is 18.6. The van der Waals surface area contributed by atoms with Gasteiger partial charge >= 0.3 is 0 Å². The quantitative estimate of drug-likeness (QED) is 0.817. The minimum absolute atomic E-state index is 0.243. The Kier molecular flexibility index (Phi) is 3.32. The Morgan fingerprint density at radius 3 is 2.53 bits per heavy atom. The Balaban J connectivity index is 2.53. The van der Waals surface area contributed by atoms with Gasteiger partial charge in [-0.25, -0.2) is 13.4 Å². The summed E-state index contributed by atoms with van der Waals surface area (Å²) in [6.45, 7) is 1.54. The van der Waals surface area contributed by atoms with Gasteiger partial charge in [0, 0.05) is 12.2 Å². The number of hydrogen-bond acceptors (Lipinski definition) is 4. The predicted octanol–water partition coefficient (Wildman–Crippen LogP) is 1.36. The normalized spacial score (nSPS) is 18.1. The lowest BCUT2D eigenvalue weighted by molar-refractivity contribution is 0.588. The number of sulfone groups is 1. The molecule has 1 saturated carbocycles. The van der Waals surface area contributed by atoms with Crippen LogP contribution in [0.5, 0.6) is 0 Å². The standard InChI is InChI=1S/C10H13IN2O3S/c1-5(17(2,15)16)9-12-8(6-3-4-6)7(11)10(14)13-9/h5-6H,3-4H2,1-2H3,(H,12,13,14). The van der Waals surface area contributed by atoms with Gasteiger partial charge in [-0.15, -0.1) is 0 Å². The van der Waals surface area contributed by atoms with Crippen molar-refractivity contribution in [3.05, 3.63) is 25.4 Å². The fourth-order valence-electron chi connectivity index (χ4n) is 1.52. The third-order valence-electron chi connectivity index (χ3n) is 2.90. The largest absolute Gasteiger partial charge is 0.309 e. The van der Waals surface area contributed by atoms with Gasteiger partial charge in [0.2, 0.25) is 0 Å². The topological polar surface area (TPSA) is 79.9 Å². The first-order valence-electron chi connectivity index (χ1n) is 5.29. The smallest absolute Gasteiger partial charge is 0.264 e. The molecule has 0 aliphatic heterocycles. The summed E-state index contributed by atoms with van der Waals surface area (Å²) in [5.41, 5.74) is 0.507. The molecule has 5 nitrogen and oxygen atoms in total. The van der Waals surface area contributed by atoms with Crippen molar-refractivity contribution in [3.63, 3.8) is 0 Å². The number of rotatable bonds is 3. The summed E-state index contributed by atoms with van der Waals surface area (Å²) in [5, 5.41) is -0.773. The van der Waals surface area contributed by atoms with E-state index < -0.39 is 15.1 Å². The Labute approximate surface area is 113 Å². The second-order valence-electron chi connectivity index (χ2n) is 4.40. The van der Waals surface area contributed by atoms with Crippen molar-refractivity contribution in [1.82, 2.24) is 9.97 Å². The number of hydrogen-bond donors (Lipinski definition) is 1. The number of nitrogens with one attached hydrogen (secondary N) is 1. The van der Waals surface area contributed by atoms with Crippen LogP contribution in [0.15, 0.2) is 4.79 Å². The highest BCUT2D eigenvalue weighted by Crippen LogP contribution is 2.40. The van der Waals surface area contributed by atoms with Gasteiger partial charge < -0.3 is 4.98 Å². The van der Waals surface area contributed by atoms with E-state index in [1.165, 1.54) is 6.92 Å². The Morgan fingerprint density at radius 1 is 1.47 bits per heavy atom. The van der Waals surface area contributed by atoms with E-state index in [4.69, 9.17) is 0 Å². The van der Waals surface area contributed by atoms with E-state index >= 15 is 0 Å². The van der Waals surface area contributed by atoms with E-state index in [1.54, 1.807) is 0 Å². The highest BCUT2D eigenvalue weighted by Gasteiger charge is 2.30. The highest BCUT2D eigenvalue weighted by molar-refractivity contribution is 14.1. The molecule has 2 rings (SSSR count). The Morgan fingerprint density at radius 2 is 2.06 bits per heavy atom. The minimum Gasteiger partial charge on any atom is -0.309 e. The summed E-state index contributed by atoms with van der Waals surface area (Å²) >= 11 is 1.97. The Hall–Kier alpha value is -0.440. The van der Waals surface area contributed by atoms with Crippen LogP contribution in [-0.2, 0) is 9.84 Å². The highest BCUT2D eigenvalue weighted by atomic mass is 127. The van der Waals surface area contributed by atoms with Crippen molar-refractivity contribution in [2.75, 3.05) is 6.26 Å². The molecule has 1 atom stereocenters. The van der Waals surface area contributed by atoms with Crippen LogP contribution in [0.25, 0.3) is 0 Å². The molecule has 7 heteroatoms. The second kappa shape index (κ2) is 4.34. The zero-order valence-electron chi connectivity index (χ0n) is 9.53. The zero-order chi connectivity index (χ0) is 12.8. The molecule has 0 spiro atoms. The summed E-state index contributed by atoms with van der Waals surface area (Å²) < 4.78 is 23.5. The van der Waals surface area contributed by atoms with Gasteiger partial charge in [0.05, 0.1) is 9.26 Å². The van der Waals surface area contributed by atoms with Gasteiger partial charge in [0.25, 0.3) is 5.56 Å². The molecule has 0 bridgehead atoms. The minimum atomic E-state index is -3.24. The van der Waals surface area contributed by atoms with Crippen LogP contribution in [0, 0.1) is 3.57 Å². The van der Waals surface area contributed by atoms with Gasteiger partial charge in [-0.2, -0.15) is 0 Å². The first-order valence-corrected chi connectivity index (χ1v) is 8.32. The van der Waals surface area contributed by atoms with Crippen LogP contribution in [0.2, 0.25) is 0 Å². The number of H-pyrrole nitrogens is 1. The number of aromatic amines is 1. The second-order valence-corrected chi connectivity index (χ2v) is 7.84. The van der Waals surface area contributed by atoms with Crippen LogP contribution in [0.4, 0.5) is 0 Å². The summed E-state index contributed by atoms with van der Waals surface area (Å²) in [7, 11) is -3.24. The summed E-state index contributed by atoms with van der Waals surface area (Å²) in [6.07, 6.45) is 3.20. The van der Waals surface area contributed by atoms with Crippen LogP contribution >= 0.6 is 22.6 Å². The summed E-state index contributed by atoms with van der Waals surface area (Å²) in [5.74, 6) is 0.578. The molecule has 0 aromatic carbocycles. The van der Waals surface area contributed by atoms with E-state index in [9.17, 15) is 13.2 Å². The Bertz CT molecular complexity index is 604. The van der Waals surface area contributed by atoms with Gasteiger partial charge in [-0.05, 0) is 42.4 Å². The molecular weight excluding hydrogens is 355 g/mol. The van der Waals surface area contributed by atoms with Crippen molar-refractivity contribution < 1.29 is 8.42 Å². The third kappa shape index (κ3) is 2.70. The maximum Gasteiger partial charge on any atom is 0.264 e. The molecule has 0 saturated heterocycles. The lowest BCUT2D eigenvalue weighted by atomic mass is 10.3. The van der Waals surface area contributed by atoms with E-state index in [2.05, 4.69) is 9.97 Å². The zero-order valence-corrected chi connectivity index (χ0v) is 12.5. The van der Waals surface area contributed by atoms with Crippen molar-refractivity contribution in [1.29, 1.82) is 0 Å². The van der Waals surface area contributed by atoms with Crippen LogP contribution < -0.4 is 5.56 Å². The van der Waals surface area contributed by atoms with Gasteiger partial charge in [-0.1, -0.05) is 0 Å². The monoisotopic (exact) mass is 368 g/mol. The van der Waals surface area contributed by atoms with Crippen LogP contribution in [-0.4, -0.2) is 24.6 Å². The first-order chi connectivity index (χ1) is 7.80. The molecule has 1 N–H and O–H groups in total. The molecule has 1 unspecified atom stereocenters. The molecule has 1 aromatic rings. The molecular formula is C10H13IN2O3S. The molecule has 0 amide bonds. The molecule has 1 aliphatic rings. The van der Waals surface area contributed by atoms with Crippen molar-refractivity contribution in [2.45, 2.75) is 30.9 Å². The van der Waals surface area contributed by atoms with Crippen LogP contribution in [0.1, 0.15) is 42.5 Å². The van der Waals surface area contributed by atoms with Gasteiger partial charge in [0.1, 0.15) is 11.1 Å². The lowest BCUT2D eigenvalue weighted by Gasteiger charge is -2.10. The maximum absolute atomic E-state index is 11.7. The first kappa shape index (κ1) is 13.0. The third-order valence-corrected chi connectivity index (χ3v) is 5.45. The molecule has 1 aromatic heterocycles. The molecule has 0 radical (unpaired) electrons. The van der Waals surface area contributed by atoms with E-state index in [1.807, 2.05) is 22.6 Å². The molecule has 94 valence electrons. The molecule has 1 heterocycles. The number of halogens is 1. The maximum atomic E-state index is 11.7. The number of aromatic nitrogens is 2. The molecule has 17 heavy (non-hydrogen) atoms. The number of nitrogens with zero attached hydrogens (tertiary/aromatic N) is 1. The van der Waals surface area contributed by atoms with Crippen molar-refractivity contribution >= 4 is 32.4 Å².